The maximum atomic E-state index is 12.8. The van der Waals surface area contributed by atoms with Gasteiger partial charge >= 0.3 is 0 Å². The molecule has 4 nitrogen and oxygen atoms in total. The number of nitrogens with one attached hydrogen (secondary N) is 1. The highest BCUT2D eigenvalue weighted by molar-refractivity contribution is 6.30. The van der Waals surface area contributed by atoms with Gasteiger partial charge in [0.1, 0.15) is 5.57 Å². The molecule has 1 atom stereocenters. The lowest BCUT2D eigenvalue weighted by atomic mass is 9.99. The normalized spacial score (nSPS) is 17.6. The average Bonchev–Trinajstić information content (AvgIpc) is 2.84. The molecule has 1 aromatic carbocycles. The van der Waals surface area contributed by atoms with Crippen molar-refractivity contribution in [3.63, 3.8) is 0 Å². The summed E-state index contributed by atoms with van der Waals surface area (Å²) in [7, 11) is 1.72. The molecule has 1 aromatic heterocycles. The lowest BCUT2D eigenvalue weighted by Gasteiger charge is -2.11. The van der Waals surface area contributed by atoms with Crippen LogP contribution < -0.4 is 5.32 Å². The van der Waals surface area contributed by atoms with Crippen molar-refractivity contribution in [2.75, 3.05) is 7.05 Å². The van der Waals surface area contributed by atoms with Crippen molar-refractivity contribution in [2.24, 2.45) is 0 Å². The minimum atomic E-state index is -0.696. The Kier molecular flexibility index (Phi) is 3.86. The molecule has 0 amide bonds. The van der Waals surface area contributed by atoms with Crippen molar-refractivity contribution >= 4 is 23.0 Å². The molecule has 0 saturated carbocycles. The fraction of sp³-hybridized carbons (Fsp3) is 0.176. The number of rotatable bonds is 3. The van der Waals surface area contributed by atoms with E-state index in [1.165, 1.54) is 0 Å². The summed E-state index contributed by atoms with van der Waals surface area (Å²) in [5, 5.41) is 3.51. The van der Waals surface area contributed by atoms with E-state index in [4.69, 9.17) is 16.3 Å². The lowest BCUT2D eigenvalue weighted by molar-refractivity contribution is -0.120. The summed E-state index contributed by atoms with van der Waals surface area (Å²) < 4.78 is 5.79. The Morgan fingerprint density at radius 1 is 1.27 bits per heavy atom. The highest BCUT2D eigenvalue weighted by Crippen LogP contribution is 2.36. The maximum absolute atomic E-state index is 12.8. The van der Waals surface area contributed by atoms with E-state index in [1.807, 2.05) is 25.1 Å². The summed E-state index contributed by atoms with van der Waals surface area (Å²) in [6, 6.07) is 10.9. The van der Waals surface area contributed by atoms with Crippen LogP contribution >= 0.6 is 11.6 Å². The van der Waals surface area contributed by atoms with Gasteiger partial charge in [0.2, 0.25) is 11.7 Å². The number of Topliss-reactive ketones (excluding diaryl/α,β-unsaturated/α-hetero) is 1. The molecule has 5 heteroatoms. The van der Waals surface area contributed by atoms with Gasteiger partial charge in [0.05, 0.1) is 5.69 Å². The van der Waals surface area contributed by atoms with Crippen LogP contribution in [0.3, 0.4) is 0 Å². The van der Waals surface area contributed by atoms with Crippen LogP contribution in [0.5, 0.6) is 0 Å². The van der Waals surface area contributed by atoms with Gasteiger partial charge in [-0.3, -0.25) is 9.78 Å². The van der Waals surface area contributed by atoms with Crippen molar-refractivity contribution < 1.29 is 9.53 Å². The number of halogens is 1. The summed E-state index contributed by atoms with van der Waals surface area (Å²) in [5.74, 6) is 0.317. The first-order valence-corrected chi connectivity index (χ1v) is 7.29. The molecule has 0 saturated heterocycles. The molecule has 0 unspecified atom stereocenters. The van der Waals surface area contributed by atoms with Gasteiger partial charge in [-0.15, -0.1) is 0 Å². The Hall–Kier alpha value is -2.33. The molecular weight excluding hydrogens is 300 g/mol. The van der Waals surface area contributed by atoms with Crippen molar-refractivity contribution in [3.05, 3.63) is 70.3 Å². The molecule has 0 bridgehead atoms. The van der Waals surface area contributed by atoms with Gasteiger partial charge in [0, 0.05) is 23.8 Å². The molecule has 22 heavy (non-hydrogen) atoms. The van der Waals surface area contributed by atoms with E-state index in [2.05, 4.69) is 10.3 Å². The summed E-state index contributed by atoms with van der Waals surface area (Å²) >= 11 is 6.01. The number of aromatic nitrogens is 1. The van der Waals surface area contributed by atoms with E-state index in [0.29, 0.717) is 22.2 Å². The Morgan fingerprint density at radius 2 is 2.09 bits per heavy atom. The SMILES string of the molecule is CNC1=C(c2cc(C)ccn2)C(=O)[C@@H](c2cccc(Cl)c2)O1. The van der Waals surface area contributed by atoms with Crippen LogP contribution in [0, 0.1) is 6.92 Å². The standard InChI is InChI=1S/C17H15ClN2O2/c1-10-6-7-20-13(8-10)14-15(21)16(22-17(14)19-2)11-4-3-5-12(18)9-11/h3-9,16,19H,1-2H3/t16-/m1/s1. The van der Waals surface area contributed by atoms with Crippen LogP contribution in [0.15, 0.2) is 48.5 Å². The van der Waals surface area contributed by atoms with Crippen LogP contribution in [0.2, 0.25) is 5.02 Å². The minimum Gasteiger partial charge on any atom is -0.462 e. The van der Waals surface area contributed by atoms with Crippen molar-refractivity contribution in [1.29, 1.82) is 0 Å². The molecule has 1 aliphatic heterocycles. The number of ketones is 1. The fourth-order valence-electron chi connectivity index (χ4n) is 2.46. The minimum absolute atomic E-state index is 0.121. The molecule has 2 heterocycles. The Morgan fingerprint density at radius 3 is 2.77 bits per heavy atom. The number of benzene rings is 1. The first-order chi connectivity index (χ1) is 10.6. The van der Waals surface area contributed by atoms with Crippen LogP contribution in [0.4, 0.5) is 0 Å². The number of nitrogens with zero attached hydrogens (tertiary/aromatic N) is 1. The van der Waals surface area contributed by atoms with Gasteiger partial charge in [-0.1, -0.05) is 23.7 Å². The second kappa shape index (κ2) is 5.81. The second-order valence-electron chi connectivity index (χ2n) is 5.09. The molecule has 3 rings (SSSR count). The Labute approximate surface area is 133 Å². The molecule has 0 radical (unpaired) electrons. The molecule has 0 aliphatic carbocycles. The molecule has 2 aromatic rings. The fourth-order valence-corrected chi connectivity index (χ4v) is 2.66. The number of hydrogen-bond donors (Lipinski definition) is 1. The molecule has 1 N–H and O–H groups in total. The summed E-state index contributed by atoms with van der Waals surface area (Å²) in [6.07, 6.45) is 0.990. The molecule has 0 spiro atoms. The third-order valence-corrected chi connectivity index (χ3v) is 3.73. The van der Waals surface area contributed by atoms with E-state index in [1.54, 1.807) is 31.4 Å². The topological polar surface area (TPSA) is 51.2 Å². The lowest BCUT2D eigenvalue weighted by Crippen LogP contribution is -2.10. The number of pyridine rings is 1. The predicted octanol–water partition coefficient (Wildman–Crippen LogP) is 3.27. The maximum Gasteiger partial charge on any atom is 0.215 e. The van der Waals surface area contributed by atoms with Crippen molar-refractivity contribution in [3.8, 4) is 0 Å². The van der Waals surface area contributed by atoms with E-state index < -0.39 is 6.10 Å². The third-order valence-electron chi connectivity index (χ3n) is 3.50. The average molecular weight is 315 g/mol. The van der Waals surface area contributed by atoms with E-state index >= 15 is 0 Å². The van der Waals surface area contributed by atoms with Crippen LogP contribution in [-0.2, 0) is 9.53 Å². The summed E-state index contributed by atoms with van der Waals surface area (Å²) in [4.78, 5) is 17.1. The number of carbonyl (C=O) groups is 1. The smallest absolute Gasteiger partial charge is 0.215 e. The zero-order valence-corrected chi connectivity index (χ0v) is 13.0. The van der Waals surface area contributed by atoms with Crippen molar-refractivity contribution in [1.82, 2.24) is 10.3 Å². The van der Waals surface area contributed by atoms with Gasteiger partial charge < -0.3 is 10.1 Å². The highest BCUT2D eigenvalue weighted by atomic mass is 35.5. The first kappa shape index (κ1) is 14.6. The number of carbonyl (C=O) groups excluding carboxylic acids is 1. The number of hydrogen-bond acceptors (Lipinski definition) is 4. The van der Waals surface area contributed by atoms with Crippen LogP contribution in [-0.4, -0.2) is 17.8 Å². The molecule has 1 aliphatic rings. The predicted molar refractivity (Wildman–Crippen MR) is 85.2 cm³/mol. The van der Waals surface area contributed by atoms with Gasteiger partial charge in [0.25, 0.3) is 0 Å². The van der Waals surface area contributed by atoms with Gasteiger partial charge in [-0.25, -0.2) is 0 Å². The largest absolute Gasteiger partial charge is 0.462 e. The van der Waals surface area contributed by atoms with Gasteiger partial charge in [0.15, 0.2) is 6.10 Å². The molecule has 112 valence electrons. The van der Waals surface area contributed by atoms with E-state index in [9.17, 15) is 4.79 Å². The number of aryl methyl sites for hydroxylation is 1. The zero-order chi connectivity index (χ0) is 15.7. The van der Waals surface area contributed by atoms with Gasteiger partial charge in [-0.05, 0) is 36.8 Å². The Balaban J connectivity index is 2.01. The highest BCUT2D eigenvalue weighted by Gasteiger charge is 2.37. The van der Waals surface area contributed by atoms with Gasteiger partial charge in [-0.2, -0.15) is 0 Å². The third kappa shape index (κ3) is 2.57. The monoisotopic (exact) mass is 314 g/mol. The van der Waals surface area contributed by atoms with Crippen molar-refractivity contribution in [2.45, 2.75) is 13.0 Å². The number of ether oxygens (including phenoxy) is 1. The molecular formula is C17H15ClN2O2. The molecule has 0 fully saturated rings. The first-order valence-electron chi connectivity index (χ1n) is 6.91. The second-order valence-corrected chi connectivity index (χ2v) is 5.53. The summed E-state index contributed by atoms with van der Waals surface area (Å²) in [5.41, 5.74) is 2.84. The quantitative estimate of drug-likeness (QED) is 0.944. The summed E-state index contributed by atoms with van der Waals surface area (Å²) in [6.45, 7) is 1.96. The Bertz CT molecular complexity index is 771. The van der Waals surface area contributed by atoms with Crippen LogP contribution in [0.25, 0.3) is 5.57 Å². The van der Waals surface area contributed by atoms with Crippen LogP contribution in [0.1, 0.15) is 22.9 Å². The van der Waals surface area contributed by atoms with E-state index in [0.717, 1.165) is 11.1 Å². The van der Waals surface area contributed by atoms with E-state index in [-0.39, 0.29) is 5.78 Å². The zero-order valence-electron chi connectivity index (χ0n) is 12.3.